The molecule has 4 rings (SSSR count). The van der Waals surface area contributed by atoms with Crippen LogP contribution >= 0.6 is 0 Å². The first-order valence-electron chi connectivity index (χ1n) is 11.2. The molecule has 0 unspecified atom stereocenters. The van der Waals surface area contributed by atoms with Crippen molar-refractivity contribution in [2.45, 2.75) is 31.8 Å². The second-order valence-corrected chi connectivity index (χ2v) is 9.37. The first-order chi connectivity index (χ1) is 16.0. The molecular formula is C22H29F3N6O3. The summed E-state index contributed by atoms with van der Waals surface area (Å²) in [5.74, 6) is -0.206. The maximum absolute atomic E-state index is 12.7. The molecule has 2 aliphatic rings. The Morgan fingerprint density at radius 1 is 1.18 bits per heavy atom. The molecule has 0 amide bonds. The van der Waals surface area contributed by atoms with Crippen LogP contribution in [-0.4, -0.2) is 87.6 Å². The van der Waals surface area contributed by atoms with Crippen LogP contribution in [0.3, 0.4) is 0 Å². The van der Waals surface area contributed by atoms with Crippen LogP contribution in [0.4, 0.5) is 19.0 Å². The molecule has 0 saturated carbocycles. The highest BCUT2D eigenvalue weighted by Crippen LogP contribution is 2.31. The summed E-state index contributed by atoms with van der Waals surface area (Å²) >= 11 is 0. The first-order valence-corrected chi connectivity index (χ1v) is 11.2. The van der Waals surface area contributed by atoms with Crippen molar-refractivity contribution in [3.63, 3.8) is 0 Å². The number of hydrogen-bond donors (Lipinski definition) is 0. The molecule has 1 fully saturated rings. The number of rotatable bonds is 8. The van der Waals surface area contributed by atoms with E-state index in [9.17, 15) is 23.3 Å². The van der Waals surface area contributed by atoms with Crippen LogP contribution < -0.4 is 4.74 Å². The number of aromatic nitrogens is 2. The fourth-order valence-corrected chi connectivity index (χ4v) is 4.55. The number of hydrogen-bond acceptors (Lipinski definition) is 7. The number of nitro groups is 1. The van der Waals surface area contributed by atoms with Crippen molar-refractivity contribution in [3.8, 4) is 6.01 Å². The van der Waals surface area contributed by atoms with Gasteiger partial charge in [-0.05, 0) is 36.6 Å². The van der Waals surface area contributed by atoms with Gasteiger partial charge in [-0.3, -0.25) is 14.4 Å². The summed E-state index contributed by atoms with van der Waals surface area (Å²) in [6.45, 7) is 9.09. The fraction of sp³-hybridized carbons (Fsp3) is 0.591. The largest absolute Gasteiger partial charge is 0.436 e. The third-order valence-electron chi connectivity index (χ3n) is 6.31. The van der Waals surface area contributed by atoms with Crippen molar-refractivity contribution in [1.29, 1.82) is 0 Å². The van der Waals surface area contributed by atoms with Gasteiger partial charge in [0, 0.05) is 57.3 Å². The molecule has 0 bridgehead atoms. The summed E-state index contributed by atoms with van der Waals surface area (Å²) in [6.07, 6.45) is -2.90. The lowest BCUT2D eigenvalue weighted by atomic mass is 10.1. The highest BCUT2D eigenvalue weighted by atomic mass is 19.4. The monoisotopic (exact) mass is 482 g/mol. The van der Waals surface area contributed by atoms with E-state index in [1.807, 2.05) is 14.0 Å². The fourth-order valence-electron chi connectivity index (χ4n) is 4.55. The number of ether oxygens (including phenoxy) is 1. The SMILES string of the molecule is CN(CCN1CCN(Cc2ccc(C(F)(F)F)cc2)CC1)C[C@@]1(C)Cn2cc([N+](=O)[O-])nc2O1. The molecule has 0 radical (unpaired) electrons. The van der Waals surface area contributed by atoms with Gasteiger partial charge in [-0.25, -0.2) is 0 Å². The van der Waals surface area contributed by atoms with Crippen LogP contribution in [0, 0.1) is 10.1 Å². The van der Waals surface area contributed by atoms with Crippen molar-refractivity contribution in [2.75, 3.05) is 52.9 Å². The molecule has 3 heterocycles. The molecule has 12 heteroatoms. The molecule has 186 valence electrons. The van der Waals surface area contributed by atoms with Crippen LogP contribution in [0.2, 0.25) is 0 Å². The molecular weight excluding hydrogens is 453 g/mol. The third kappa shape index (κ3) is 5.86. The highest BCUT2D eigenvalue weighted by molar-refractivity contribution is 5.25. The summed E-state index contributed by atoms with van der Waals surface area (Å²) in [7, 11) is 2.03. The van der Waals surface area contributed by atoms with Crippen LogP contribution in [0.5, 0.6) is 6.01 Å². The van der Waals surface area contributed by atoms with Crippen molar-refractivity contribution in [1.82, 2.24) is 24.3 Å². The quantitative estimate of drug-likeness (QED) is 0.423. The molecule has 1 aromatic carbocycles. The minimum absolute atomic E-state index is 0.206. The Balaban J connectivity index is 1.17. The summed E-state index contributed by atoms with van der Waals surface area (Å²) < 4.78 is 45.8. The van der Waals surface area contributed by atoms with Gasteiger partial charge in [-0.1, -0.05) is 12.1 Å². The maximum atomic E-state index is 12.7. The molecule has 1 atom stereocenters. The maximum Gasteiger partial charge on any atom is 0.416 e. The lowest BCUT2D eigenvalue weighted by molar-refractivity contribution is -0.389. The zero-order valence-electron chi connectivity index (χ0n) is 19.3. The zero-order valence-corrected chi connectivity index (χ0v) is 19.3. The third-order valence-corrected chi connectivity index (χ3v) is 6.31. The van der Waals surface area contributed by atoms with Crippen molar-refractivity contribution in [3.05, 3.63) is 51.7 Å². The number of benzene rings is 1. The van der Waals surface area contributed by atoms with Gasteiger partial charge in [0.2, 0.25) is 0 Å². The van der Waals surface area contributed by atoms with E-state index in [1.165, 1.54) is 6.20 Å². The number of imidazole rings is 1. The highest BCUT2D eigenvalue weighted by Gasteiger charge is 2.41. The first kappa shape index (κ1) is 24.4. The van der Waals surface area contributed by atoms with E-state index in [0.717, 1.165) is 57.0 Å². The van der Waals surface area contributed by atoms with Crippen molar-refractivity contribution < 1.29 is 22.8 Å². The van der Waals surface area contributed by atoms with Gasteiger partial charge in [0.15, 0.2) is 0 Å². The Labute approximate surface area is 195 Å². The molecule has 2 aromatic rings. The van der Waals surface area contributed by atoms with Crippen molar-refractivity contribution >= 4 is 5.82 Å². The summed E-state index contributed by atoms with van der Waals surface area (Å²) in [6, 6.07) is 5.68. The normalized spacial score (nSPS) is 21.6. The molecule has 0 aliphatic carbocycles. The average Bonchev–Trinajstić information content (AvgIpc) is 3.28. The number of alkyl halides is 3. The summed E-state index contributed by atoms with van der Waals surface area (Å²) in [4.78, 5) is 21.1. The van der Waals surface area contributed by atoms with E-state index in [0.29, 0.717) is 19.6 Å². The zero-order chi connectivity index (χ0) is 24.5. The average molecular weight is 483 g/mol. The van der Waals surface area contributed by atoms with E-state index in [-0.39, 0.29) is 11.8 Å². The smallest absolute Gasteiger partial charge is 0.416 e. The minimum Gasteiger partial charge on any atom is -0.436 e. The van der Waals surface area contributed by atoms with Crippen LogP contribution in [0.15, 0.2) is 30.5 Å². The molecule has 9 nitrogen and oxygen atoms in total. The van der Waals surface area contributed by atoms with E-state index in [2.05, 4.69) is 19.7 Å². The van der Waals surface area contributed by atoms with E-state index in [4.69, 9.17) is 4.74 Å². The van der Waals surface area contributed by atoms with Gasteiger partial charge < -0.3 is 19.8 Å². The molecule has 1 saturated heterocycles. The van der Waals surface area contributed by atoms with Crippen LogP contribution in [-0.2, 0) is 19.3 Å². The number of fused-ring (bicyclic) bond motifs is 1. The predicted octanol–water partition coefficient (Wildman–Crippen LogP) is 2.71. The van der Waals surface area contributed by atoms with Crippen LogP contribution in [0.1, 0.15) is 18.1 Å². The van der Waals surface area contributed by atoms with E-state index < -0.39 is 22.3 Å². The number of nitrogens with zero attached hydrogens (tertiary/aromatic N) is 6. The second-order valence-electron chi connectivity index (χ2n) is 9.37. The minimum atomic E-state index is -4.30. The van der Waals surface area contributed by atoms with Gasteiger partial charge >= 0.3 is 18.0 Å². The molecule has 1 aromatic heterocycles. The van der Waals surface area contributed by atoms with Crippen LogP contribution in [0.25, 0.3) is 0 Å². The van der Waals surface area contributed by atoms with Gasteiger partial charge in [0.05, 0.1) is 12.1 Å². The lowest BCUT2D eigenvalue weighted by Crippen LogP contribution is -2.49. The number of halogens is 3. The molecule has 0 N–H and O–H groups in total. The Morgan fingerprint density at radius 3 is 2.41 bits per heavy atom. The summed E-state index contributed by atoms with van der Waals surface area (Å²) in [5, 5.41) is 10.9. The standard InChI is InChI=1S/C22H29F3N6O3/c1-21(16-30-14-19(31(32)33)26-20(30)34-21)15-27(2)7-8-28-9-11-29(12-10-28)13-17-3-5-18(6-4-17)22(23,24)25/h3-6,14H,7-13,15-16H2,1-2H3/t21-/m0/s1. The molecule has 2 aliphatic heterocycles. The second kappa shape index (κ2) is 9.51. The van der Waals surface area contributed by atoms with Gasteiger partial charge in [0.1, 0.15) is 11.8 Å². The molecule has 34 heavy (non-hydrogen) atoms. The Morgan fingerprint density at radius 2 is 1.82 bits per heavy atom. The number of likely N-dealkylation sites (N-methyl/N-ethyl adjacent to an activating group) is 1. The van der Waals surface area contributed by atoms with E-state index >= 15 is 0 Å². The Kier molecular flexibility index (Phi) is 6.83. The topological polar surface area (TPSA) is 79.9 Å². The van der Waals surface area contributed by atoms with Gasteiger partial charge in [0.25, 0.3) is 0 Å². The lowest BCUT2D eigenvalue weighted by Gasteiger charge is -2.36. The number of piperazine rings is 1. The van der Waals surface area contributed by atoms with Crippen molar-refractivity contribution in [2.24, 2.45) is 0 Å². The van der Waals surface area contributed by atoms with E-state index in [1.54, 1.807) is 16.7 Å². The van der Waals surface area contributed by atoms with Gasteiger partial charge in [-0.2, -0.15) is 13.2 Å². The van der Waals surface area contributed by atoms with Gasteiger partial charge in [-0.15, -0.1) is 0 Å². The predicted molar refractivity (Wildman–Crippen MR) is 119 cm³/mol. The Bertz CT molecular complexity index is 979. The molecule has 0 spiro atoms. The summed E-state index contributed by atoms with van der Waals surface area (Å²) in [5.41, 5.74) is -0.225. The Hall–Kier alpha value is -2.70.